The van der Waals surface area contributed by atoms with Gasteiger partial charge in [0.15, 0.2) is 6.23 Å². The molecule has 1 N–H and O–H groups in total. The van der Waals surface area contributed by atoms with Crippen molar-refractivity contribution in [1.29, 1.82) is 5.26 Å². The molecule has 0 fully saturated rings. The minimum absolute atomic E-state index is 0.0869. The highest BCUT2D eigenvalue weighted by Crippen LogP contribution is 2.40. The molecule has 140 valence electrons. The van der Waals surface area contributed by atoms with Crippen molar-refractivity contribution in [1.82, 2.24) is 9.78 Å². The van der Waals surface area contributed by atoms with Crippen molar-refractivity contribution in [2.45, 2.75) is 26.1 Å². The van der Waals surface area contributed by atoms with Crippen molar-refractivity contribution >= 4 is 11.7 Å². The standard InChI is InChI=1S/C21H17FN4O2/c1-2-15-18(13-7-9-14(22)10-8-13)24-25(12-11-23)19(15)26-20(27)16-5-3-4-6-17(16)21(26)28/h3-10,20,27H,2,12H2,1H3. The summed E-state index contributed by atoms with van der Waals surface area (Å²) in [5, 5.41) is 24.6. The first-order valence-electron chi connectivity index (χ1n) is 8.90. The number of rotatable bonds is 4. The number of hydrogen-bond acceptors (Lipinski definition) is 4. The van der Waals surface area contributed by atoms with Crippen LogP contribution in [-0.4, -0.2) is 20.8 Å². The van der Waals surface area contributed by atoms with E-state index in [0.717, 1.165) is 0 Å². The van der Waals surface area contributed by atoms with Crippen molar-refractivity contribution < 1.29 is 14.3 Å². The van der Waals surface area contributed by atoms with Gasteiger partial charge in [0.25, 0.3) is 5.91 Å². The van der Waals surface area contributed by atoms with Crippen LogP contribution in [0.15, 0.2) is 48.5 Å². The van der Waals surface area contributed by atoms with Crippen LogP contribution in [0.4, 0.5) is 10.2 Å². The zero-order chi connectivity index (χ0) is 19.8. The van der Waals surface area contributed by atoms with Gasteiger partial charge in [-0.3, -0.25) is 9.69 Å². The maximum Gasteiger partial charge on any atom is 0.262 e. The van der Waals surface area contributed by atoms with E-state index in [1.54, 1.807) is 36.4 Å². The number of carbonyl (C=O) groups excluding carboxylic acids is 1. The second-order valence-corrected chi connectivity index (χ2v) is 6.46. The molecule has 1 amide bonds. The van der Waals surface area contributed by atoms with Gasteiger partial charge >= 0.3 is 0 Å². The van der Waals surface area contributed by atoms with Gasteiger partial charge in [0, 0.05) is 22.3 Å². The summed E-state index contributed by atoms with van der Waals surface area (Å²) in [6, 6.07) is 14.8. The monoisotopic (exact) mass is 376 g/mol. The summed E-state index contributed by atoms with van der Waals surface area (Å²) in [4.78, 5) is 14.3. The van der Waals surface area contributed by atoms with Crippen molar-refractivity contribution in [2.75, 3.05) is 4.90 Å². The number of benzene rings is 2. The lowest BCUT2D eigenvalue weighted by atomic mass is 10.1. The maximum absolute atomic E-state index is 13.3. The molecule has 0 aliphatic carbocycles. The summed E-state index contributed by atoms with van der Waals surface area (Å²) in [5.74, 6) is -0.321. The lowest BCUT2D eigenvalue weighted by Gasteiger charge is -2.22. The minimum Gasteiger partial charge on any atom is -0.369 e. The van der Waals surface area contributed by atoms with Crippen molar-refractivity contribution in [3.8, 4) is 17.3 Å². The zero-order valence-corrected chi connectivity index (χ0v) is 15.1. The SMILES string of the molecule is CCc1c(-c2ccc(F)cc2)nn(CC#N)c1N1C(=O)c2ccccc2C1O. The fourth-order valence-electron chi connectivity index (χ4n) is 3.61. The van der Waals surface area contributed by atoms with Gasteiger partial charge in [-0.25, -0.2) is 9.07 Å². The molecule has 1 atom stereocenters. The number of nitrogens with zero attached hydrogens (tertiary/aromatic N) is 4. The Morgan fingerprint density at radius 1 is 1.21 bits per heavy atom. The second-order valence-electron chi connectivity index (χ2n) is 6.46. The molecular formula is C21H17FN4O2. The van der Waals surface area contributed by atoms with Gasteiger partial charge in [-0.1, -0.05) is 25.1 Å². The number of aliphatic hydroxyl groups excluding tert-OH is 1. The number of anilines is 1. The number of nitriles is 1. The molecule has 0 saturated heterocycles. The summed E-state index contributed by atoms with van der Waals surface area (Å²) in [5.41, 5.74) is 2.88. The maximum atomic E-state index is 13.3. The quantitative estimate of drug-likeness (QED) is 0.756. The molecule has 1 unspecified atom stereocenters. The molecule has 7 heteroatoms. The van der Waals surface area contributed by atoms with E-state index in [4.69, 9.17) is 0 Å². The Morgan fingerprint density at radius 2 is 1.93 bits per heavy atom. The fraction of sp³-hybridized carbons (Fsp3) is 0.190. The Morgan fingerprint density at radius 3 is 2.57 bits per heavy atom. The topological polar surface area (TPSA) is 82.2 Å². The van der Waals surface area contributed by atoms with Crippen LogP contribution in [0.2, 0.25) is 0 Å². The predicted molar refractivity (Wildman–Crippen MR) is 101 cm³/mol. The van der Waals surface area contributed by atoms with Gasteiger partial charge in [0.2, 0.25) is 0 Å². The van der Waals surface area contributed by atoms with E-state index in [9.17, 15) is 19.6 Å². The predicted octanol–water partition coefficient (Wildman–Crippen LogP) is 3.43. The lowest BCUT2D eigenvalue weighted by Crippen LogP contribution is -2.30. The van der Waals surface area contributed by atoms with Crippen LogP contribution < -0.4 is 4.90 Å². The highest BCUT2D eigenvalue weighted by Gasteiger charge is 2.40. The van der Waals surface area contributed by atoms with Gasteiger partial charge in [-0.05, 0) is 36.8 Å². The highest BCUT2D eigenvalue weighted by molar-refractivity contribution is 6.11. The summed E-state index contributed by atoms with van der Waals surface area (Å²) < 4.78 is 14.8. The molecule has 0 radical (unpaired) electrons. The Hall–Kier alpha value is -3.50. The van der Waals surface area contributed by atoms with Crippen molar-refractivity contribution in [3.63, 3.8) is 0 Å². The van der Waals surface area contributed by atoms with Gasteiger partial charge in [0.05, 0.1) is 11.8 Å². The third kappa shape index (κ3) is 2.66. The molecule has 0 bridgehead atoms. The molecule has 0 saturated carbocycles. The average molecular weight is 376 g/mol. The van der Waals surface area contributed by atoms with Gasteiger partial charge in [0.1, 0.15) is 18.2 Å². The first-order chi connectivity index (χ1) is 13.6. The van der Waals surface area contributed by atoms with E-state index in [0.29, 0.717) is 40.2 Å². The van der Waals surface area contributed by atoms with Crippen LogP contribution in [0.3, 0.4) is 0 Å². The molecule has 4 rings (SSSR count). The zero-order valence-electron chi connectivity index (χ0n) is 15.1. The summed E-state index contributed by atoms with van der Waals surface area (Å²) in [6.45, 7) is 1.82. The molecule has 3 aromatic rings. The van der Waals surface area contributed by atoms with Crippen LogP contribution in [0, 0.1) is 17.1 Å². The first kappa shape index (κ1) is 17.9. The molecule has 1 aliphatic heterocycles. The van der Waals surface area contributed by atoms with Crippen LogP contribution in [0.1, 0.15) is 34.6 Å². The molecule has 1 aliphatic rings. The molecule has 1 aromatic heterocycles. The number of aliphatic hydroxyl groups is 1. The summed E-state index contributed by atoms with van der Waals surface area (Å²) >= 11 is 0. The number of hydrogen-bond donors (Lipinski definition) is 1. The minimum atomic E-state index is -1.16. The number of carbonyl (C=O) groups is 1. The largest absolute Gasteiger partial charge is 0.369 e. The molecule has 2 heterocycles. The van der Waals surface area contributed by atoms with Gasteiger partial charge < -0.3 is 5.11 Å². The third-order valence-corrected chi connectivity index (χ3v) is 4.87. The Labute approximate surface area is 161 Å². The van der Waals surface area contributed by atoms with E-state index in [2.05, 4.69) is 5.10 Å². The van der Waals surface area contributed by atoms with E-state index in [-0.39, 0.29) is 18.3 Å². The number of halogens is 1. The normalized spacial score (nSPS) is 15.6. The second kappa shape index (κ2) is 6.91. The van der Waals surface area contributed by atoms with Gasteiger partial charge in [-0.15, -0.1) is 0 Å². The summed E-state index contributed by atoms with van der Waals surface area (Å²) in [6.07, 6.45) is -0.649. The highest BCUT2D eigenvalue weighted by atomic mass is 19.1. The molecule has 2 aromatic carbocycles. The Bertz CT molecular complexity index is 1100. The Balaban J connectivity index is 1.91. The van der Waals surface area contributed by atoms with Crippen LogP contribution in [-0.2, 0) is 13.0 Å². The Kier molecular flexibility index (Phi) is 4.41. The fourth-order valence-corrected chi connectivity index (χ4v) is 3.61. The smallest absolute Gasteiger partial charge is 0.262 e. The molecule has 28 heavy (non-hydrogen) atoms. The van der Waals surface area contributed by atoms with Crippen molar-refractivity contribution in [2.24, 2.45) is 0 Å². The first-order valence-corrected chi connectivity index (χ1v) is 8.90. The van der Waals surface area contributed by atoms with Crippen LogP contribution >= 0.6 is 0 Å². The lowest BCUT2D eigenvalue weighted by molar-refractivity contribution is 0.0931. The van der Waals surface area contributed by atoms with Gasteiger partial charge in [-0.2, -0.15) is 10.4 Å². The molecule has 6 nitrogen and oxygen atoms in total. The summed E-state index contributed by atoms with van der Waals surface area (Å²) in [7, 11) is 0. The average Bonchev–Trinajstić information content (AvgIpc) is 3.18. The molecular weight excluding hydrogens is 359 g/mol. The number of aromatic nitrogens is 2. The van der Waals surface area contributed by atoms with Crippen LogP contribution in [0.25, 0.3) is 11.3 Å². The van der Waals surface area contributed by atoms with Crippen LogP contribution in [0.5, 0.6) is 0 Å². The number of amides is 1. The van der Waals surface area contributed by atoms with E-state index in [1.165, 1.54) is 21.7 Å². The van der Waals surface area contributed by atoms with E-state index < -0.39 is 6.23 Å². The third-order valence-electron chi connectivity index (χ3n) is 4.87. The van der Waals surface area contributed by atoms with Crippen molar-refractivity contribution in [3.05, 3.63) is 71.0 Å². The van der Waals surface area contributed by atoms with E-state index >= 15 is 0 Å². The number of fused-ring (bicyclic) bond motifs is 1. The van der Waals surface area contributed by atoms with E-state index in [1.807, 2.05) is 13.0 Å². The molecule has 0 spiro atoms.